The van der Waals surface area contributed by atoms with Gasteiger partial charge in [-0.15, -0.1) is 0 Å². The van der Waals surface area contributed by atoms with Gasteiger partial charge in [-0.2, -0.15) is 0 Å². The number of nitrogens with one attached hydrogen (secondary N) is 1. The fourth-order valence-corrected chi connectivity index (χ4v) is 2.05. The Labute approximate surface area is 116 Å². The van der Waals surface area contributed by atoms with E-state index in [9.17, 15) is 0 Å². The van der Waals surface area contributed by atoms with Gasteiger partial charge >= 0.3 is 0 Å². The zero-order valence-electron chi connectivity index (χ0n) is 11.9. The molecule has 1 fully saturated rings. The molecule has 19 heavy (non-hydrogen) atoms. The van der Waals surface area contributed by atoms with Gasteiger partial charge in [-0.25, -0.2) is 0 Å². The SMILES string of the molecule is COc1cccc(COCCCCCNC2CC2)c1. The Morgan fingerprint density at radius 3 is 2.89 bits per heavy atom. The summed E-state index contributed by atoms with van der Waals surface area (Å²) in [6.45, 7) is 2.69. The molecule has 0 unspecified atom stereocenters. The molecule has 0 heterocycles. The Morgan fingerprint density at radius 1 is 1.21 bits per heavy atom. The first-order valence-corrected chi connectivity index (χ1v) is 7.32. The largest absolute Gasteiger partial charge is 0.497 e. The van der Waals surface area contributed by atoms with Gasteiger partial charge in [-0.3, -0.25) is 0 Å². The van der Waals surface area contributed by atoms with E-state index in [2.05, 4.69) is 11.4 Å². The molecule has 1 aromatic rings. The summed E-state index contributed by atoms with van der Waals surface area (Å²) in [5.74, 6) is 0.896. The Balaban J connectivity index is 1.46. The van der Waals surface area contributed by atoms with Crippen LogP contribution in [0.3, 0.4) is 0 Å². The molecule has 1 aliphatic carbocycles. The summed E-state index contributed by atoms with van der Waals surface area (Å²) in [6, 6.07) is 8.89. The zero-order valence-corrected chi connectivity index (χ0v) is 11.9. The lowest BCUT2D eigenvalue weighted by Crippen LogP contribution is -2.17. The van der Waals surface area contributed by atoms with E-state index in [1.54, 1.807) is 7.11 Å². The number of benzene rings is 1. The second-order valence-corrected chi connectivity index (χ2v) is 5.19. The zero-order chi connectivity index (χ0) is 13.3. The van der Waals surface area contributed by atoms with Crippen LogP contribution in [0.15, 0.2) is 24.3 Å². The Bertz CT molecular complexity index is 364. The number of methoxy groups -OCH3 is 1. The number of rotatable bonds is 10. The molecule has 106 valence electrons. The molecule has 0 amide bonds. The van der Waals surface area contributed by atoms with Crippen molar-refractivity contribution in [3.05, 3.63) is 29.8 Å². The quantitative estimate of drug-likeness (QED) is 0.658. The minimum atomic E-state index is 0.678. The van der Waals surface area contributed by atoms with E-state index < -0.39 is 0 Å². The van der Waals surface area contributed by atoms with Crippen LogP contribution < -0.4 is 10.1 Å². The molecule has 0 atom stereocenters. The van der Waals surface area contributed by atoms with E-state index >= 15 is 0 Å². The fraction of sp³-hybridized carbons (Fsp3) is 0.625. The van der Waals surface area contributed by atoms with Gasteiger partial charge in [0.15, 0.2) is 0 Å². The molecule has 0 saturated heterocycles. The minimum Gasteiger partial charge on any atom is -0.497 e. The predicted molar refractivity (Wildman–Crippen MR) is 77.5 cm³/mol. The van der Waals surface area contributed by atoms with Crippen molar-refractivity contribution in [2.24, 2.45) is 0 Å². The van der Waals surface area contributed by atoms with Crippen LogP contribution in [0.25, 0.3) is 0 Å². The smallest absolute Gasteiger partial charge is 0.119 e. The number of hydrogen-bond acceptors (Lipinski definition) is 3. The van der Waals surface area contributed by atoms with Crippen molar-refractivity contribution in [1.82, 2.24) is 5.32 Å². The van der Waals surface area contributed by atoms with Gasteiger partial charge in [0.2, 0.25) is 0 Å². The molecular weight excluding hydrogens is 238 g/mol. The van der Waals surface area contributed by atoms with Crippen LogP contribution in [0, 0.1) is 0 Å². The molecule has 3 heteroatoms. The molecule has 1 N–H and O–H groups in total. The van der Waals surface area contributed by atoms with Crippen molar-refractivity contribution in [2.45, 2.75) is 44.8 Å². The number of hydrogen-bond donors (Lipinski definition) is 1. The third-order valence-electron chi connectivity index (χ3n) is 3.38. The molecule has 0 bridgehead atoms. The van der Waals surface area contributed by atoms with Crippen LogP contribution in [-0.4, -0.2) is 26.3 Å². The third-order valence-corrected chi connectivity index (χ3v) is 3.38. The van der Waals surface area contributed by atoms with Gasteiger partial charge in [-0.05, 0) is 56.3 Å². The van der Waals surface area contributed by atoms with Crippen molar-refractivity contribution in [3.8, 4) is 5.75 Å². The van der Waals surface area contributed by atoms with Crippen molar-refractivity contribution in [3.63, 3.8) is 0 Å². The van der Waals surface area contributed by atoms with Gasteiger partial charge in [-0.1, -0.05) is 12.1 Å². The molecule has 0 aliphatic heterocycles. The Morgan fingerprint density at radius 2 is 2.11 bits per heavy atom. The van der Waals surface area contributed by atoms with E-state index in [-0.39, 0.29) is 0 Å². The van der Waals surface area contributed by atoms with E-state index in [0.29, 0.717) is 6.61 Å². The van der Waals surface area contributed by atoms with Crippen LogP contribution >= 0.6 is 0 Å². The second kappa shape index (κ2) is 8.18. The molecule has 0 spiro atoms. The lowest BCUT2D eigenvalue weighted by molar-refractivity contribution is 0.116. The standard InChI is InChI=1S/C16H25NO2/c1-18-16-7-5-6-14(12-16)13-19-11-4-2-3-10-17-15-8-9-15/h5-7,12,15,17H,2-4,8-11,13H2,1H3. The van der Waals surface area contributed by atoms with Gasteiger partial charge in [0.25, 0.3) is 0 Å². The highest BCUT2D eigenvalue weighted by atomic mass is 16.5. The maximum atomic E-state index is 5.68. The van der Waals surface area contributed by atoms with Crippen molar-refractivity contribution >= 4 is 0 Å². The summed E-state index contributed by atoms with van der Waals surface area (Å²) in [4.78, 5) is 0. The van der Waals surface area contributed by atoms with E-state index in [1.807, 2.05) is 18.2 Å². The Hall–Kier alpha value is -1.06. The lowest BCUT2D eigenvalue weighted by Gasteiger charge is -2.06. The summed E-state index contributed by atoms with van der Waals surface area (Å²) < 4.78 is 10.9. The highest BCUT2D eigenvalue weighted by Gasteiger charge is 2.19. The Kier molecular flexibility index (Phi) is 6.18. The maximum Gasteiger partial charge on any atom is 0.119 e. The van der Waals surface area contributed by atoms with Crippen LogP contribution in [0.2, 0.25) is 0 Å². The highest BCUT2D eigenvalue weighted by Crippen LogP contribution is 2.18. The molecule has 1 saturated carbocycles. The van der Waals surface area contributed by atoms with Crippen LogP contribution in [0.5, 0.6) is 5.75 Å². The summed E-state index contributed by atoms with van der Waals surface area (Å²) in [5, 5.41) is 3.53. The second-order valence-electron chi connectivity index (χ2n) is 5.19. The maximum absolute atomic E-state index is 5.68. The van der Waals surface area contributed by atoms with Gasteiger partial charge in [0, 0.05) is 12.6 Å². The lowest BCUT2D eigenvalue weighted by atomic mass is 10.2. The minimum absolute atomic E-state index is 0.678. The van der Waals surface area contributed by atoms with Gasteiger partial charge < -0.3 is 14.8 Å². The summed E-state index contributed by atoms with van der Waals surface area (Å²) in [7, 11) is 1.69. The topological polar surface area (TPSA) is 30.5 Å². The fourth-order valence-electron chi connectivity index (χ4n) is 2.05. The molecule has 1 aliphatic rings. The first-order chi connectivity index (χ1) is 9.38. The van der Waals surface area contributed by atoms with Crippen molar-refractivity contribution < 1.29 is 9.47 Å². The third kappa shape index (κ3) is 6.08. The van der Waals surface area contributed by atoms with Crippen LogP contribution in [-0.2, 0) is 11.3 Å². The number of ether oxygens (including phenoxy) is 2. The first kappa shape index (κ1) is 14.4. The highest BCUT2D eigenvalue weighted by molar-refractivity contribution is 5.27. The molecule has 2 rings (SSSR count). The molecule has 1 aromatic carbocycles. The molecule has 3 nitrogen and oxygen atoms in total. The summed E-state index contributed by atoms with van der Waals surface area (Å²) in [6.07, 6.45) is 6.42. The van der Waals surface area contributed by atoms with Crippen molar-refractivity contribution in [1.29, 1.82) is 0 Å². The summed E-state index contributed by atoms with van der Waals surface area (Å²) in [5.41, 5.74) is 1.18. The van der Waals surface area contributed by atoms with E-state index in [0.717, 1.165) is 24.8 Å². The predicted octanol–water partition coefficient (Wildman–Crippen LogP) is 3.13. The van der Waals surface area contributed by atoms with E-state index in [4.69, 9.17) is 9.47 Å². The summed E-state index contributed by atoms with van der Waals surface area (Å²) >= 11 is 0. The van der Waals surface area contributed by atoms with Crippen molar-refractivity contribution in [2.75, 3.05) is 20.3 Å². The van der Waals surface area contributed by atoms with Crippen LogP contribution in [0.1, 0.15) is 37.7 Å². The first-order valence-electron chi connectivity index (χ1n) is 7.32. The molecule has 0 aromatic heterocycles. The van der Waals surface area contributed by atoms with Gasteiger partial charge in [0.1, 0.15) is 5.75 Å². The average molecular weight is 263 g/mol. The molecular formula is C16H25NO2. The monoisotopic (exact) mass is 263 g/mol. The van der Waals surface area contributed by atoms with Gasteiger partial charge in [0.05, 0.1) is 13.7 Å². The number of unbranched alkanes of at least 4 members (excludes halogenated alkanes) is 2. The average Bonchev–Trinajstić information content (AvgIpc) is 3.26. The van der Waals surface area contributed by atoms with E-state index in [1.165, 1.54) is 37.8 Å². The molecule has 0 radical (unpaired) electrons. The normalized spacial score (nSPS) is 14.6. The van der Waals surface area contributed by atoms with Crippen LogP contribution in [0.4, 0.5) is 0 Å².